The van der Waals surface area contributed by atoms with Gasteiger partial charge in [-0.1, -0.05) is 30.3 Å². The lowest BCUT2D eigenvalue weighted by Crippen LogP contribution is -1.77. The molecule has 0 aliphatic heterocycles. The zero-order chi connectivity index (χ0) is 9.10. The molecule has 0 atom stereocenters. The first-order valence-electron chi connectivity index (χ1n) is 4.14. The van der Waals surface area contributed by atoms with Crippen molar-refractivity contribution in [3.63, 3.8) is 0 Å². The van der Waals surface area contributed by atoms with Crippen molar-refractivity contribution in [1.82, 2.24) is 0 Å². The van der Waals surface area contributed by atoms with E-state index in [9.17, 15) is 0 Å². The molecular weight excluding hydrogens is 196 g/mol. The Kier molecular flexibility index (Phi) is 2.71. The Morgan fingerprint density at radius 2 is 1.85 bits per heavy atom. The van der Waals surface area contributed by atoms with Crippen molar-refractivity contribution < 1.29 is 0 Å². The van der Waals surface area contributed by atoms with Crippen LogP contribution in [0.25, 0.3) is 10.4 Å². The van der Waals surface area contributed by atoms with Gasteiger partial charge in [0.05, 0.1) is 0 Å². The van der Waals surface area contributed by atoms with Crippen molar-refractivity contribution >= 4 is 24.0 Å². The maximum Gasteiger partial charge on any atom is 0.0342 e. The molecule has 2 heteroatoms. The molecule has 0 N–H and O–H groups in total. The van der Waals surface area contributed by atoms with Crippen LogP contribution in [-0.2, 0) is 5.75 Å². The zero-order valence-corrected chi connectivity index (χ0v) is 8.81. The summed E-state index contributed by atoms with van der Waals surface area (Å²) >= 11 is 5.99. The quantitative estimate of drug-likeness (QED) is 0.709. The summed E-state index contributed by atoms with van der Waals surface area (Å²) in [6.45, 7) is 0. The zero-order valence-electron chi connectivity index (χ0n) is 7.10. The fourth-order valence-corrected chi connectivity index (χ4v) is 2.16. The SMILES string of the molecule is SCc1ccc(-c2cccs2)cc1. The molecular formula is C11H10S2. The standard InChI is InChI=1S/C11H10S2/c12-8-9-3-5-10(6-4-9)11-2-1-7-13-11/h1-7,12H,8H2. The van der Waals surface area contributed by atoms with Gasteiger partial charge in [-0.2, -0.15) is 12.6 Å². The summed E-state index contributed by atoms with van der Waals surface area (Å²) in [5.41, 5.74) is 2.56. The molecule has 13 heavy (non-hydrogen) atoms. The Morgan fingerprint density at radius 1 is 1.08 bits per heavy atom. The minimum absolute atomic E-state index is 0.810. The van der Waals surface area contributed by atoms with Gasteiger partial charge in [0.25, 0.3) is 0 Å². The normalized spacial score (nSPS) is 10.2. The van der Waals surface area contributed by atoms with E-state index in [-0.39, 0.29) is 0 Å². The van der Waals surface area contributed by atoms with Crippen LogP contribution in [0.15, 0.2) is 41.8 Å². The number of hydrogen-bond acceptors (Lipinski definition) is 2. The summed E-state index contributed by atoms with van der Waals surface area (Å²) in [6.07, 6.45) is 0. The molecule has 0 spiro atoms. The van der Waals surface area contributed by atoms with Gasteiger partial charge in [-0.3, -0.25) is 0 Å². The lowest BCUT2D eigenvalue weighted by Gasteiger charge is -1.98. The van der Waals surface area contributed by atoms with Crippen molar-refractivity contribution in [3.8, 4) is 10.4 Å². The van der Waals surface area contributed by atoms with Crippen LogP contribution in [0.4, 0.5) is 0 Å². The molecule has 1 aromatic carbocycles. The third-order valence-electron chi connectivity index (χ3n) is 1.94. The van der Waals surface area contributed by atoms with Crippen LogP contribution >= 0.6 is 24.0 Å². The summed E-state index contributed by atoms with van der Waals surface area (Å²) in [4.78, 5) is 1.32. The lowest BCUT2D eigenvalue weighted by atomic mass is 10.1. The average molecular weight is 206 g/mol. The van der Waals surface area contributed by atoms with Crippen LogP contribution in [0.5, 0.6) is 0 Å². The molecule has 0 aliphatic carbocycles. The Labute approximate surface area is 87.6 Å². The Balaban J connectivity index is 2.33. The Morgan fingerprint density at radius 3 is 2.38 bits per heavy atom. The van der Waals surface area contributed by atoms with E-state index in [1.54, 1.807) is 11.3 Å². The molecule has 0 saturated carbocycles. The van der Waals surface area contributed by atoms with E-state index in [0.717, 1.165) is 5.75 Å². The highest BCUT2D eigenvalue weighted by atomic mass is 32.1. The van der Waals surface area contributed by atoms with E-state index in [1.807, 2.05) is 0 Å². The molecule has 0 saturated heterocycles. The van der Waals surface area contributed by atoms with E-state index < -0.39 is 0 Å². The number of rotatable bonds is 2. The Hall–Kier alpha value is -0.730. The van der Waals surface area contributed by atoms with Crippen molar-refractivity contribution in [3.05, 3.63) is 47.3 Å². The first-order chi connectivity index (χ1) is 6.40. The smallest absolute Gasteiger partial charge is 0.0342 e. The van der Waals surface area contributed by atoms with Crippen molar-refractivity contribution in [2.75, 3.05) is 0 Å². The van der Waals surface area contributed by atoms with Crippen molar-refractivity contribution in [2.45, 2.75) is 5.75 Å². The molecule has 0 unspecified atom stereocenters. The van der Waals surface area contributed by atoms with Crippen molar-refractivity contribution in [2.24, 2.45) is 0 Å². The largest absolute Gasteiger partial charge is 0.175 e. The van der Waals surface area contributed by atoms with E-state index >= 15 is 0 Å². The van der Waals surface area contributed by atoms with Crippen LogP contribution in [0.3, 0.4) is 0 Å². The third kappa shape index (κ3) is 1.95. The highest BCUT2D eigenvalue weighted by Gasteiger charge is 1.97. The minimum Gasteiger partial charge on any atom is -0.175 e. The summed E-state index contributed by atoms with van der Waals surface area (Å²) in [6, 6.07) is 12.8. The fourth-order valence-electron chi connectivity index (χ4n) is 1.22. The van der Waals surface area contributed by atoms with Gasteiger partial charge in [-0.15, -0.1) is 11.3 Å². The van der Waals surface area contributed by atoms with Gasteiger partial charge >= 0.3 is 0 Å². The van der Waals surface area contributed by atoms with Crippen molar-refractivity contribution in [1.29, 1.82) is 0 Å². The van der Waals surface area contributed by atoms with Gasteiger partial charge in [0.1, 0.15) is 0 Å². The van der Waals surface area contributed by atoms with E-state index in [0.29, 0.717) is 0 Å². The summed E-state index contributed by atoms with van der Waals surface area (Å²) in [7, 11) is 0. The van der Waals surface area contributed by atoms with Crippen LogP contribution < -0.4 is 0 Å². The maximum atomic E-state index is 4.22. The van der Waals surface area contributed by atoms with Gasteiger partial charge in [0.2, 0.25) is 0 Å². The average Bonchev–Trinajstić information content (AvgIpc) is 2.71. The van der Waals surface area contributed by atoms with Gasteiger partial charge in [0.15, 0.2) is 0 Å². The molecule has 2 rings (SSSR count). The first kappa shape index (κ1) is 8.85. The second-order valence-electron chi connectivity index (χ2n) is 2.83. The van der Waals surface area contributed by atoms with Crippen LogP contribution in [0, 0.1) is 0 Å². The Bertz CT molecular complexity index is 359. The van der Waals surface area contributed by atoms with Crippen LogP contribution in [0.1, 0.15) is 5.56 Å². The molecule has 66 valence electrons. The maximum absolute atomic E-state index is 4.22. The number of hydrogen-bond donors (Lipinski definition) is 1. The van der Waals surface area contributed by atoms with Crippen LogP contribution in [0.2, 0.25) is 0 Å². The monoisotopic (exact) mass is 206 g/mol. The predicted molar refractivity (Wildman–Crippen MR) is 62.4 cm³/mol. The molecule has 0 nitrogen and oxygen atoms in total. The third-order valence-corrected chi connectivity index (χ3v) is 3.23. The minimum atomic E-state index is 0.810. The molecule has 0 radical (unpaired) electrons. The molecule has 0 amide bonds. The second kappa shape index (κ2) is 3.99. The number of thiol groups is 1. The molecule has 1 heterocycles. The molecule has 2 aromatic rings. The summed E-state index contributed by atoms with van der Waals surface area (Å²) < 4.78 is 0. The van der Waals surface area contributed by atoms with Gasteiger partial charge in [-0.25, -0.2) is 0 Å². The topological polar surface area (TPSA) is 0 Å². The number of thiophene rings is 1. The lowest BCUT2D eigenvalue weighted by molar-refractivity contribution is 1.43. The summed E-state index contributed by atoms with van der Waals surface area (Å²) in [5.74, 6) is 0.810. The fraction of sp³-hybridized carbons (Fsp3) is 0.0909. The highest BCUT2D eigenvalue weighted by molar-refractivity contribution is 7.79. The van der Waals surface area contributed by atoms with Crippen LogP contribution in [-0.4, -0.2) is 0 Å². The first-order valence-corrected chi connectivity index (χ1v) is 5.65. The second-order valence-corrected chi connectivity index (χ2v) is 4.10. The number of benzene rings is 1. The molecule has 0 aliphatic rings. The predicted octanol–water partition coefficient (Wildman–Crippen LogP) is 3.84. The van der Waals surface area contributed by atoms with Gasteiger partial charge < -0.3 is 0 Å². The van der Waals surface area contributed by atoms with E-state index in [1.165, 1.54) is 16.0 Å². The molecule has 0 fully saturated rings. The molecule has 1 aromatic heterocycles. The molecule has 0 bridgehead atoms. The summed E-state index contributed by atoms with van der Waals surface area (Å²) in [5, 5.41) is 2.10. The van der Waals surface area contributed by atoms with E-state index in [2.05, 4.69) is 54.4 Å². The van der Waals surface area contributed by atoms with E-state index in [4.69, 9.17) is 0 Å². The highest BCUT2D eigenvalue weighted by Crippen LogP contribution is 2.24. The van der Waals surface area contributed by atoms with Gasteiger partial charge in [-0.05, 0) is 22.6 Å². The van der Waals surface area contributed by atoms with Gasteiger partial charge in [0, 0.05) is 10.6 Å².